The zero-order valence-corrected chi connectivity index (χ0v) is 14.0. The lowest BCUT2D eigenvalue weighted by Crippen LogP contribution is -2.55. The predicted molar refractivity (Wildman–Crippen MR) is 86.4 cm³/mol. The van der Waals surface area contributed by atoms with Gasteiger partial charge < -0.3 is 15.0 Å². The molecule has 0 aromatic heterocycles. The van der Waals surface area contributed by atoms with Crippen LogP contribution in [0.15, 0.2) is 24.3 Å². The third kappa shape index (κ3) is 4.13. The van der Waals surface area contributed by atoms with Crippen LogP contribution in [-0.4, -0.2) is 56.2 Å². The second kappa shape index (κ2) is 6.74. The standard InChI is InChI=1S/C15H21FN2O4S/c1-15(2)11-18(7-9-23(15,20)21)14(19)17-12-4-3-5-13(10-12)22-8-6-16/h3-5,10H,6-9,11H2,1-2H3,(H,17,19). The van der Waals surface area contributed by atoms with Gasteiger partial charge in [-0.05, 0) is 26.0 Å². The molecule has 1 fully saturated rings. The molecule has 1 aliphatic rings. The van der Waals surface area contributed by atoms with Gasteiger partial charge in [0.1, 0.15) is 19.0 Å². The summed E-state index contributed by atoms with van der Waals surface area (Å²) in [6, 6.07) is 6.27. The van der Waals surface area contributed by atoms with Crippen LogP contribution < -0.4 is 10.1 Å². The van der Waals surface area contributed by atoms with E-state index in [0.717, 1.165) is 0 Å². The molecule has 1 saturated heterocycles. The molecule has 2 amide bonds. The smallest absolute Gasteiger partial charge is 0.321 e. The highest BCUT2D eigenvalue weighted by atomic mass is 32.2. The SMILES string of the molecule is CC1(C)CN(C(=O)Nc2cccc(OCCF)c2)CCS1(=O)=O. The maximum absolute atomic E-state index is 12.3. The zero-order valence-electron chi connectivity index (χ0n) is 13.2. The molecule has 0 aliphatic carbocycles. The number of alkyl halides is 1. The number of ether oxygens (including phenoxy) is 1. The first-order chi connectivity index (χ1) is 10.7. The number of halogens is 1. The number of urea groups is 1. The topological polar surface area (TPSA) is 75.7 Å². The summed E-state index contributed by atoms with van der Waals surface area (Å²) >= 11 is 0. The van der Waals surface area contributed by atoms with Crippen LogP contribution in [0.2, 0.25) is 0 Å². The first kappa shape index (κ1) is 17.5. The van der Waals surface area contributed by atoms with Crippen LogP contribution in [0.3, 0.4) is 0 Å². The Labute approximate surface area is 135 Å². The maximum Gasteiger partial charge on any atom is 0.321 e. The molecule has 0 unspecified atom stereocenters. The molecule has 2 rings (SSSR count). The van der Waals surface area contributed by atoms with Gasteiger partial charge in [0.25, 0.3) is 0 Å². The van der Waals surface area contributed by atoms with Crippen LogP contribution in [-0.2, 0) is 9.84 Å². The lowest BCUT2D eigenvalue weighted by molar-refractivity contribution is 0.206. The highest BCUT2D eigenvalue weighted by molar-refractivity contribution is 7.92. The van der Waals surface area contributed by atoms with Crippen molar-refractivity contribution in [2.24, 2.45) is 0 Å². The Hall–Kier alpha value is -1.83. The van der Waals surface area contributed by atoms with Crippen LogP contribution in [0.5, 0.6) is 5.75 Å². The third-order valence-corrected chi connectivity index (χ3v) is 6.29. The second-order valence-electron chi connectivity index (χ2n) is 6.00. The summed E-state index contributed by atoms with van der Waals surface area (Å²) in [5, 5.41) is 2.71. The largest absolute Gasteiger partial charge is 0.491 e. The number of hydrogen-bond donors (Lipinski definition) is 1. The number of carbonyl (C=O) groups excluding carboxylic acids is 1. The van der Waals surface area contributed by atoms with Crippen molar-refractivity contribution >= 4 is 21.6 Å². The van der Waals surface area contributed by atoms with Crippen LogP contribution in [0.25, 0.3) is 0 Å². The van der Waals surface area contributed by atoms with Crippen LogP contribution in [0.4, 0.5) is 14.9 Å². The number of nitrogens with one attached hydrogen (secondary N) is 1. The van der Waals surface area contributed by atoms with Crippen molar-refractivity contribution in [3.63, 3.8) is 0 Å². The Morgan fingerprint density at radius 1 is 1.43 bits per heavy atom. The molecule has 6 nitrogen and oxygen atoms in total. The molecular weight excluding hydrogens is 323 g/mol. The Balaban J connectivity index is 2.02. The number of nitrogens with zero attached hydrogens (tertiary/aromatic N) is 1. The highest BCUT2D eigenvalue weighted by Gasteiger charge is 2.41. The summed E-state index contributed by atoms with van der Waals surface area (Å²) < 4.78 is 40.3. The fourth-order valence-electron chi connectivity index (χ4n) is 2.34. The molecule has 1 N–H and O–H groups in total. The number of carbonyl (C=O) groups is 1. The molecule has 23 heavy (non-hydrogen) atoms. The summed E-state index contributed by atoms with van der Waals surface area (Å²) in [5.74, 6) is 0.412. The number of hydrogen-bond acceptors (Lipinski definition) is 4. The Morgan fingerprint density at radius 2 is 2.17 bits per heavy atom. The van der Waals surface area contributed by atoms with E-state index in [-0.39, 0.29) is 31.5 Å². The lowest BCUT2D eigenvalue weighted by atomic mass is 10.2. The van der Waals surface area contributed by atoms with Crippen molar-refractivity contribution in [1.82, 2.24) is 4.90 Å². The summed E-state index contributed by atoms with van der Waals surface area (Å²) in [4.78, 5) is 13.8. The number of benzene rings is 1. The third-order valence-electron chi connectivity index (χ3n) is 3.76. The van der Waals surface area contributed by atoms with Crippen molar-refractivity contribution < 1.29 is 22.3 Å². The molecule has 1 aliphatic heterocycles. The van der Waals surface area contributed by atoms with Crippen molar-refractivity contribution in [2.45, 2.75) is 18.6 Å². The Morgan fingerprint density at radius 3 is 2.83 bits per heavy atom. The molecule has 0 radical (unpaired) electrons. The summed E-state index contributed by atoms with van der Waals surface area (Å²) in [6.45, 7) is 2.90. The van der Waals surface area contributed by atoms with Gasteiger partial charge in [-0.1, -0.05) is 6.07 Å². The quantitative estimate of drug-likeness (QED) is 0.907. The van der Waals surface area contributed by atoms with E-state index in [1.54, 1.807) is 38.1 Å². The molecule has 128 valence electrons. The Kier molecular flexibility index (Phi) is 5.13. The van der Waals surface area contributed by atoms with Crippen molar-refractivity contribution in [1.29, 1.82) is 0 Å². The highest BCUT2D eigenvalue weighted by Crippen LogP contribution is 2.24. The number of amides is 2. The van der Waals surface area contributed by atoms with E-state index in [0.29, 0.717) is 11.4 Å². The normalized spacial score (nSPS) is 19.2. The molecular formula is C15H21FN2O4S. The van der Waals surface area contributed by atoms with E-state index in [2.05, 4.69) is 5.32 Å². The van der Waals surface area contributed by atoms with Crippen LogP contribution >= 0.6 is 0 Å². The zero-order chi connectivity index (χ0) is 17.1. The van der Waals surface area contributed by atoms with Gasteiger partial charge in [-0.3, -0.25) is 0 Å². The van der Waals surface area contributed by atoms with E-state index in [1.807, 2.05) is 0 Å². The molecule has 1 heterocycles. The predicted octanol–water partition coefficient (Wildman–Crippen LogP) is 2.08. The van der Waals surface area contributed by atoms with Crippen molar-refractivity contribution in [3.05, 3.63) is 24.3 Å². The van der Waals surface area contributed by atoms with Gasteiger partial charge in [0.2, 0.25) is 0 Å². The number of anilines is 1. The molecule has 0 atom stereocenters. The fourth-order valence-corrected chi connectivity index (χ4v) is 3.71. The van der Waals surface area contributed by atoms with Gasteiger partial charge in [0.05, 0.1) is 10.5 Å². The number of rotatable bonds is 4. The molecule has 0 bridgehead atoms. The first-order valence-corrected chi connectivity index (χ1v) is 8.97. The minimum Gasteiger partial charge on any atom is -0.491 e. The van der Waals surface area contributed by atoms with Gasteiger partial charge in [0.15, 0.2) is 9.84 Å². The lowest BCUT2D eigenvalue weighted by Gasteiger charge is -2.37. The molecule has 0 spiro atoms. The van der Waals surface area contributed by atoms with E-state index in [9.17, 15) is 17.6 Å². The summed E-state index contributed by atoms with van der Waals surface area (Å²) in [7, 11) is -3.19. The molecule has 1 aromatic carbocycles. The van der Waals surface area contributed by atoms with Crippen molar-refractivity contribution in [2.75, 3.05) is 37.4 Å². The number of sulfone groups is 1. The average Bonchev–Trinajstić information content (AvgIpc) is 2.48. The van der Waals surface area contributed by atoms with E-state index < -0.39 is 21.3 Å². The average molecular weight is 344 g/mol. The second-order valence-corrected chi connectivity index (χ2v) is 8.74. The van der Waals surface area contributed by atoms with Crippen LogP contribution in [0.1, 0.15) is 13.8 Å². The van der Waals surface area contributed by atoms with Gasteiger partial charge in [-0.25, -0.2) is 17.6 Å². The minimum atomic E-state index is -3.19. The summed E-state index contributed by atoms with van der Waals surface area (Å²) in [5.41, 5.74) is 0.512. The monoisotopic (exact) mass is 344 g/mol. The van der Waals surface area contributed by atoms with Crippen molar-refractivity contribution in [3.8, 4) is 5.75 Å². The first-order valence-electron chi connectivity index (χ1n) is 7.32. The van der Waals surface area contributed by atoms with Gasteiger partial charge in [-0.15, -0.1) is 0 Å². The van der Waals surface area contributed by atoms with E-state index >= 15 is 0 Å². The van der Waals surface area contributed by atoms with Gasteiger partial charge in [-0.2, -0.15) is 0 Å². The Bertz CT molecular complexity index is 676. The maximum atomic E-state index is 12.3. The van der Waals surface area contributed by atoms with Crippen LogP contribution in [0, 0.1) is 0 Å². The fraction of sp³-hybridized carbons (Fsp3) is 0.533. The van der Waals surface area contributed by atoms with E-state index in [1.165, 1.54) is 4.90 Å². The molecule has 0 saturated carbocycles. The van der Waals surface area contributed by atoms with E-state index in [4.69, 9.17) is 4.74 Å². The van der Waals surface area contributed by atoms with Gasteiger partial charge in [0, 0.05) is 24.8 Å². The molecule has 8 heteroatoms. The molecule has 1 aromatic rings. The van der Waals surface area contributed by atoms with Gasteiger partial charge >= 0.3 is 6.03 Å². The summed E-state index contributed by atoms with van der Waals surface area (Å²) in [6.07, 6.45) is 0. The minimum absolute atomic E-state index is 0.0461.